The summed E-state index contributed by atoms with van der Waals surface area (Å²) in [6.45, 7) is 2.54. The molecule has 0 unspecified atom stereocenters. The number of aromatic nitrogens is 2. The third-order valence-corrected chi connectivity index (χ3v) is 2.50. The van der Waals surface area contributed by atoms with Crippen LogP contribution in [-0.2, 0) is 6.54 Å². The zero-order chi connectivity index (χ0) is 12.3. The minimum atomic E-state index is -0.238. The van der Waals surface area contributed by atoms with Crippen LogP contribution in [-0.4, -0.2) is 17.0 Å². The molecule has 88 valence electrons. The van der Waals surface area contributed by atoms with Crippen molar-refractivity contribution >= 4 is 0 Å². The summed E-state index contributed by atoms with van der Waals surface area (Å²) in [4.78, 5) is 8.65. The number of benzene rings is 1. The molecule has 17 heavy (non-hydrogen) atoms. The fourth-order valence-electron chi connectivity index (χ4n) is 1.68. The second kappa shape index (κ2) is 5.01. The van der Waals surface area contributed by atoms with Gasteiger partial charge in [0.25, 0.3) is 0 Å². The third-order valence-electron chi connectivity index (χ3n) is 2.50. The molecule has 0 spiro atoms. The highest BCUT2D eigenvalue weighted by Crippen LogP contribution is 2.20. The normalized spacial score (nSPS) is 10.5. The lowest BCUT2D eigenvalue weighted by atomic mass is 10.1. The van der Waals surface area contributed by atoms with Crippen molar-refractivity contribution in [3.8, 4) is 11.4 Å². The van der Waals surface area contributed by atoms with Gasteiger partial charge in [-0.2, -0.15) is 0 Å². The molecule has 0 fully saturated rings. The Morgan fingerprint density at radius 1 is 1.29 bits per heavy atom. The molecular formula is C13H14FN3. The SMILES string of the molecule is CNCc1ccnc(-c2ccc(F)cc2C)n1. The van der Waals surface area contributed by atoms with Crippen molar-refractivity contribution in [3.63, 3.8) is 0 Å². The van der Waals surface area contributed by atoms with Crippen molar-refractivity contribution in [2.45, 2.75) is 13.5 Å². The molecule has 0 saturated carbocycles. The first-order valence-electron chi connectivity index (χ1n) is 5.44. The molecule has 0 atom stereocenters. The Morgan fingerprint density at radius 3 is 2.82 bits per heavy atom. The van der Waals surface area contributed by atoms with Crippen LogP contribution >= 0.6 is 0 Å². The molecule has 2 rings (SSSR count). The number of aryl methyl sites for hydroxylation is 1. The number of hydrogen-bond donors (Lipinski definition) is 1. The Balaban J connectivity index is 2.42. The van der Waals surface area contributed by atoms with E-state index in [4.69, 9.17) is 0 Å². The zero-order valence-corrected chi connectivity index (χ0v) is 9.87. The molecule has 2 aromatic rings. The number of halogens is 1. The second-order valence-corrected chi connectivity index (χ2v) is 3.86. The average Bonchev–Trinajstić information content (AvgIpc) is 2.29. The van der Waals surface area contributed by atoms with E-state index in [2.05, 4.69) is 15.3 Å². The van der Waals surface area contributed by atoms with Gasteiger partial charge in [0.1, 0.15) is 5.82 Å². The molecule has 0 saturated heterocycles. The number of hydrogen-bond acceptors (Lipinski definition) is 3. The van der Waals surface area contributed by atoms with E-state index in [1.165, 1.54) is 12.1 Å². The molecule has 0 aliphatic rings. The molecule has 1 aromatic carbocycles. The van der Waals surface area contributed by atoms with E-state index in [-0.39, 0.29) is 5.82 Å². The number of nitrogens with zero attached hydrogens (tertiary/aromatic N) is 2. The van der Waals surface area contributed by atoms with Gasteiger partial charge in [0, 0.05) is 18.3 Å². The molecule has 1 N–H and O–H groups in total. The maximum Gasteiger partial charge on any atom is 0.159 e. The Kier molecular flexibility index (Phi) is 3.44. The highest BCUT2D eigenvalue weighted by atomic mass is 19.1. The van der Waals surface area contributed by atoms with E-state index in [1.807, 2.05) is 20.0 Å². The van der Waals surface area contributed by atoms with Crippen LogP contribution in [0.25, 0.3) is 11.4 Å². The number of nitrogens with one attached hydrogen (secondary N) is 1. The third kappa shape index (κ3) is 2.65. The summed E-state index contributed by atoms with van der Waals surface area (Å²) >= 11 is 0. The van der Waals surface area contributed by atoms with Gasteiger partial charge in [-0.3, -0.25) is 0 Å². The molecular weight excluding hydrogens is 217 g/mol. The van der Waals surface area contributed by atoms with Crippen molar-refractivity contribution in [3.05, 3.63) is 47.5 Å². The summed E-state index contributed by atoms with van der Waals surface area (Å²) in [7, 11) is 1.87. The standard InChI is InChI=1S/C13H14FN3/c1-9-7-10(14)3-4-12(9)13-16-6-5-11(17-13)8-15-2/h3-7,15H,8H2,1-2H3. The monoisotopic (exact) mass is 231 g/mol. The lowest BCUT2D eigenvalue weighted by molar-refractivity contribution is 0.627. The summed E-state index contributed by atoms with van der Waals surface area (Å²) in [6, 6.07) is 6.49. The van der Waals surface area contributed by atoms with E-state index >= 15 is 0 Å². The van der Waals surface area contributed by atoms with Crippen LogP contribution in [0.2, 0.25) is 0 Å². The lowest BCUT2D eigenvalue weighted by Gasteiger charge is -2.06. The first-order chi connectivity index (χ1) is 8.20. The van der Waals surface area contributed by atoms with E-state index in [0.717, 1.165) is 16.8 Å². The highest BCUT2D eigenvalue weighted by Gasteiger charge is 2.06. The van der Waals surface area contributed by atoms with E-state index < -0.39 is 0 Å². The Labute approximate surface area is 99.7 Å². The number of rotatable bonds is 3. The first kappa shape index (κ1) is 11.7. The van der Waals surface area contributed by atoms with Crippen molar-refractivity contribution in [1.82, 2.24) is 15.3 Å². The summed E-state index contributed by atoms with van der Waals surface area (Å²) in [5.41, 5.74) is 2.62. The van der Waals surface area contributed by atoms with Gasteiger partial charge in [-0.15, -0.1) is 0 Å². The maximum atomic E-state index is 13.0. The Bertz CT molecular complexity index is 526. The lowest BCUT2D eigenvalue weighted by Crippen LogP contribution is -2.07. The van der Waals surface area contributed by atoms with Gasteiger partial charge in [-0.05, 0) is 43.8 Å². The first-order valence-corrected chi connectivity index (χ1v) is 5.44. The molecule has 1 heterocycles. The molecule has 0 aliphatic carbocycles. The smallest absolute Gasteiger partial charge is 0.159 e. The van der Waals surface area contributed by atoms with E-state index in [1.54, 1.807) is 12.3 Å². The maximum absolute atomic E-state index is 13.0. The Hall–Kier alpha value is -1.81. The van der Waals surface area contributed by atoms with Crippen LogP contribution in [0.15, 0.2) is 30.5 Å². The highest BCUT2D eigenvalue weighted by molar-refractivity contribution is 5.59. The van der Waals surface area contributed by atoms with Crippen molar-refractivity contribution in [1.29, 1.82) is 0 Å². The predicted octanol–water partition coefficient (Wildman–Crippen LogP) is 2.31. The fraction of sp³-hybridized carbons (Fsp3) is 0.231. The molecule has 0 radical (unpaired) electrons. The van der Waals surface area contributed by atoms with Gasteiger partial charge in [0.15, 0.2) is 5.82 Å². The minimum absolute atomic E-state index is 0.238. The molecule has 0 aliphatic heterocycles. The van der Waals surface area contributed by atoms with Gasteiger partial charge in [-0.1, -0.05) is 0 Å². The van der Waals surface area contributed by atoms with Crippen LogP contribution in [0.5, 0.6) is 0 Å². The van der Waals surface area contributed by atoms with E-state index in [9.17, 15) is 4.39 Å². The van der Waals surface area contributed by atoms with Crippen molar-refractivity contribution < 1.29 is 4.39 Å². The summed E-state index contributed by atoms with van der Waals surface area (Å²) in [5, 5.41) is 3.04. The van der Waals surface area contributed by atoms with Gasteiger partial charge >= 0.3 is 0 Å². The second-order valence-electron chi connectivity index (χ2n) is 3.86. The van der Waals surface area contributed by atoms with Crippen LogP contribution in [0.3, 0.4) is 0 Å². The molecule has 4 heteroatoms. The van der Waals surface area contributed by atoms with Gasteiger partial charge < -0.3 is 5.32 Å². The topological polar surface area (TPSA) is 37.8 Å². The van der Waals surface area contributed by atoms with Gasteiger partial charge in [-0.25, -0.2) is 14.4 Å². The zero-order valence-electron chi connectivity index (χ0n) is 9.87. The van der Waals surface area contributed by atoms with Crippen LogP contribution in [0, 0.1) is 12.7 Å². The largest absolute Gasteiger partial charge is 0.314 e. The Morgan fingerprint density at radius 2 is 2.12 bits per heavy atom. The predicted molar refractivity (Wildman–Crippen MR) is 64.9 cm³/mol. The summed E-state index contributed by atoms with van der Waals surface area (Å²) in [5.74, 6) is 0.396. The van der Waals surface area contributed by atoms with E-state index in [0.29, 0.717) is 12.4 Å². The quantitative estimate of drug-likeness (QED) is 0.880. The van der Waals surface area contributed by atoms with Gasteiger partial charge in [0.05, 0.1) is 5.69 Å². The van der Waals surface area contributed by atoms with Gasteiger partial charge in [0.2, 0.25) is 0 Å². The van der Waals surface area contributed by atoms with Crippen molar-refractivity contribution in [2.75, 3.05) is 7.05 Å². The molecule has 1 aromatic heterocycles. The van der Waals surface area contributed by atoms with Crippen LogP contribution < -0.4 is 5.32 Å². The van der Waals surface area contributed by atoms with Crippen molar-refractivity contribution in [2.24, 2.45) is 0 Å². The molecule has 0 amide bonds. The fourth-order valence-corrected chi connectivity index (χ4v) is 1.68. The van der Waals surface area contributed by atoms with Crippen LogP contribution in [0.1, 0.15) is 11.3 Å². The molecule has 3 nitrogen and oxygen atoms in total. The minimum Gasteiger partial charge on any atom is -0.314 e. The molecule has 0 bridgehead atoms. The summed E-state index contributed by atoms with van der Waals surface area (Å²) < 4.78 is 13.0. The summed E-state index contributed by atoms with van der Waals surface area (Å²) in [6.07, 6.45) is 1.72. The van der Waals surface area contributed by atoms with Crippen LogP contribution in [0.4, 0.5) is 4.39 Å². The average molecular weight is 231 g/mol.